The highest BCUT2D eigenvalue weighted by Crippen LogP contribution is 2.07. The Morgan fingerprint density at radius 1 is 1.88 bits per heavy atom. The minimum atomic E-state index is -1.19. The first-order valence-corrected chi connectivity index (χ1v) is 2.32. The third-order valence-corrected chi connectivity index (χ3v) is 1.16. The van der Waals surface area contributed by atoms with E-state index in [0.29, 0.717) is 0 Å². The first-order chi connectivity index (χ1) is 3.72. The van der Waals surface area contributed by atoms with Gasteiger partial charge in [-0.3, -0.25) is 10.1 Å². The average molecular weight is 119 g/mol. The van der Waals surface area contributed by atoms with Crippen molar-refractivity contribution in [3.8, 4) is 0 Å². The molecule has 1 fully saturated rings. The second kappa shape index (κ2) is 1.70. The molecule has 1 rings (SSSR count). The maximum Gasteiger partial charge on any atom is 0.323 e. The molecule has 1 aliphatic heterocycles. The summed E-state index contributed by atoms with van der Waals surface area (Å²) >= 11 is 0. The zero-order valence-electron chi connectivity index (χ0n) is 4.10. The van der Waals surface area contributed by atoms with Crippen LogP contribution in [0.2, 0.25) is 0 Å². The maximum atomic E-state index is 12.0. The van der Waals surface area contributed by atoms with Crippen molar-refractivity contribution in [1.29, 1.82) is 0 Å². The summed E-state index contributed by atoms with van der Waals surface area (Å²) in [6, 6.07) is -0.949. The molecule has 3 nitrogen and oxygen atoms in total. The van der Waals surface area contributed by atoms with E-state index in [0.717, 1.165) is 0 Å². The largest absolute Gasteiger partial charge is 0.480 e. The average Bonchev–Trinajstić information content (AvgIpc) is 1.61. The van der Waals surface area contributed by atoms with Gasteiger partial charge in [0.2, 0.25) is 0 Å². The molecule has 46 valence electrons. The van der Waals surface area contributed by atoms with Gasteiger partial charge in [-0.15, -0.1) is 0 Å². The molecule has 0 saturated carbocycles. The van der Waals surface area contributed by atoms with Gasteiger partial charge in [0, 0.05) is 6.54 Å². The number of carboxylic acid groups (broad SMARTS) is 1. The minimum absolute atomic E-state index is 0.178. The molecule has 0 aromatic rings. The topological polar surface area (TPSA) is 49.3 Å². The molecule has 0 aromatic heterocycles. The Kier molecular flexibility index (Phi) is 1.17. The van der Waals surface area contributed by atoms with Crippen LogP contribution in [0.5, 0.6) is 0 Å². The zero-order chi connectivity index (χ0) is 6.15. The lowest BCUT2D eigenvalue weighted by Crippen LogP contribution is -2.59. The highest BCUT2D eigenvalue weighted by molar-refractivity contribution is 5.75. The molecule has 0 amide bonds. The standard InChI is InChI=1S/C4H6FNO2/c5-2-1-6-3(2)4(7)8/h2-3,6H,1H2,(H,7,8)/t2-,3+/m1/s1. The fourth-order valence-electron chi connectivity index (χ4n) is 0.567. The Bertz CT molecular complexity index is 117. The zero-order valence-corrected chi connectivity index (χ0v) is 4.10. The Morgan fingerprint density at radius 3 is 2.50 bits per heavy atom. The lowest BCUT2D eigenvalue weighted by atomic mass is 10.1. The molecular formula is C4H6FNO2. The molecule has 0 aromatic carbocycles. The van der Waals surface area contributed by atoms with Crippen LogP contribution in [0.4, 0.5) is 4.39 Å². The summed E-state index contributed by atoms with van der Waals surface area (Å²) in [6.07, 6.45) is -1.19. The SMILES string of the molecule is O=C(O)[C@H]1NC[C@H]1F. The third-order valence-electron chi connectivity index (χ3n) is 1.16. The third kappa shape index (κ3) is 0.667. The number of carbonyl (C=O) groups is 1. The predicted molar refractivity (Wildman–Crippen MR) is 24.3 cm³/mol. The molecule has 1 heterocycles. The van der Waals surface area contributed by atoms with E-state index in [1.807, 2.05) is 0 Å². The fraction of sp³-hybridized carbons (Fsp3) is 0.750. The molecule has 8 heavy (non-hydrogen) atoms. The van der Waals surface area contributed by atoms with Gasteiger partial charge in [0.15, 0.2) is 0 Å². The fourth-order valence-corrected chi connectivity index (χ4v) is 0.567. The van der Waals surface area contributed by atoms with Crippen LogP contribution in [0.3, 0.4) is 0 Å². The number of aliphatic carboxylic acids is 1. The van der Waals surface area contributed by atoms with Crippen molar-refractivity contribution in [2.45, 2.75) is 12.2 Å². The molecule has 4 heteroatoms. The summed E-state index contributed by atoms with van der Waals surface area (Å²) in [4.78, 5) is 9.89. The van der Waals surface area contributed by atoms with Gasteiger partial charge in [0.1, 0.15) is 12.2 Å². The van der Waals surface area contributed by atoms with Gasteiger partial charge < -0.3 is 5.11 Å². The molecular weight excluding hydrogens is 113 g/mol. The normalized spacial score (nSPS) is 36.1. The second-order valence-corrected chi connectivity index (χ2v) is 1.74. The smallest absolute Gasteiger partial charge is 0.323 e. The Morgan fingerprint density at radius 2 is 2.50 bits per heavy atom. The Labute approximate surface area is 45.5 Å². The summed E-state index contributed by atoms with van der Waals surface area (Å²) in [7, 11) is 0. The highest BCUT2D eigenvalue weighted by Gasteiger charge is 2.35. The monoisotopic (exact) mass is 119 g/mol. The van der Waals surface area contributed by atoms with E-state index >= 15 is 0 Å². The Balaban J connectivity index is 2.37. The molecule has 0 spiro atoms. The van der Waals surface area contributed by atoms with Crippen LogP contribution in [-0.2, 0) is 4.79 Å². The van der Waals surface area contributed by atoms with E-state index in [4.69, 9.17) is 5.11 Å². The van der Waals surface area contributed by atoms with Gasteiger partial charge in [0.05, 0.1) is 0 Å². The van der Waals surface area contributed by atoms with Crippen LogP contribution < -0.4 is 5.32 Å². The number of rotatable bonds is 1. The quantitative estimate of drug-likeness (QED) is 0.483. The van der Waals surface area contributed by atoms with E-state index in [1.165, 1.54) is 0 Å². The van der Waals surface area contributed by atoms with Gasteiger partial charge in [-0.05, 0) is 0 Å². The first kappa shape index (κ1) is 5.50. The van der Waals surface area contributed by atoms with Crippen molar-refractivity contribution in [2.75, 3.05) is 6.54 Å². The molecule has 2 atom stereocenters. The van der Waals surface area contributed by atoms with Crippen LogP contribution in [0.15, 0.2) is 0 Å². The van der Waals surface area contributed by atoms with Gasteiger partial charge in [-0.2, -0.15) is 0 Å². The lowest BCUT2D eigenvalue weighted by molar-refractivity contribution is -0.143. The summed E-state index contributed by atoms with van der Waals surface area (Å²) in [5, 5.41) is 10.5. The van der Waals surface area contributed by atoms with Crippen molar-refractivity contribution in [3.63, 3.8) is 0 Å². The lowest BCUT2D eigenvalue weighted by Gasteiger charge is -2.27. The number of carboxylic acids is 1. The molecule has 0 unspecified atom stereocenters. The van der Waals surface area contributed by atoms with Crippen LogP contribution in [0.1, 0.15) is 0 Å². The van der Waals surface area contributed by atoms with Gasteiger partial charge >= 0.3 is 5.97 Å². The van der Waals surface area contributed by atoms with Gasteiger partial charge in [-0.25, -0.2) is 4.39 Å². The molecule has 0 bridgehead atoms. The molecule has 0 aliphatic carbocycles. The van der Waals surface area contributed by atoms with Crippen LogP contribution in [0.25, 0.3) is 0 Å². The summed E-state index contributed by atoms with van der Waals surface area (Å²) in [6.45, 7) is 0.178. The van der Waals surface area contributed by atoms with Crippen LogP contribution >= 0.6 is 0 Å². The molecule has 1 aliphatic rings. The molecule has 2 N–H and O–H groups in total. The number of alkyl halides is 1. The van der Waals surface area contributed by atoms with E-state index in [2.05, 4.69) is 5.32 Å². The highest BCUT2D eigenvalue weighted by atomic mass is 19.1. The van der Waals surface area contributed by atoms with Crippen molar-refractivity contribution in [2.24, 2.45) is 0 Å². The van der Waals surface area contributed by atoms with Crippen LogP contribution in [-0.4, -0.2) is 29.8 Å². The predicted octanol–water partition coefficient (Wildman–Crippen LogP) is -0.619. The maximum absolute atomic E-state index is 12.0. The van der Waals surface area contributed by atoms with Gasteiger partial charge in [-0.1, -0.05) is 0 Å². The van der Waals surface area contributed by atoms with Crippen molar-refractivity contribution >= 4 is 5.97 Å². The molecule has 0 radical (unpaired) electrons. The first-order valence-electron chi connectivity index (χ1n) is 2.32. The Hall–Kier alpha value is -0.640. The number of nitrogens with one attached hydrogen (secondary N) is 1. The van der Waals surface area contributed by atoms with E-state index in [1.54, 1.807) is 0 Å². The van der Waals surface area contributed by atoms with Crippen molar-refractivity contribution in [3.05, 3.63) is 0 Å². The molecule has 1 saturated heterocycles. The number of halogens is 1. The number of hydrogen-bond acceptors (Lipinski definition) is 2. The van der Waals surface area contributed by atoms with E-state index in [9.17, 15) is 9.18 Å². The van der Waals surface area contributed by atoms with E-state index in [-0.39, 0.29) is 6.54 Å². The van der Waals surface area contributed by atoms with Gasteiger partial charge in [0.25, 0.3) is 0 Å². The summed E-state index contributed by atoms with van der Waals surface area (Å²) in [5.74, 6) is -1.11. The summed E-state index contributed by atoms with van der Waals surface area (Å²) in [5.41, 5.74) is 0. The van der Waals surface area contributed by atoms with Crippen molar-refractivity contribution in [1.82, 2.24) is 5.32 Å². The number of hydrogen-bond donors (Lipinski definition) is 2. The second-order valence-electron chi connectivity index (χ2n) is 1.74. The summed E-state index contributed by atoms with van der Waals surface area (Å²) < 4.78 is 12.0. The van der Waals surface area contributed by atoms with E-state index < -0.39 is 18.2 Å². The minimum Gasteiger partial charge on any atom is -0.480 e. The van der Waals surface area contributed by atoms with Crippen LogP contribution in [0, 0.1) is 0 Å². The van der Waals surface area contributed by atoms with Crippen molar-refractivity contribution < 1.29 is 14.3 Å².